The van der Waals surface area contributed by atoms with Crippen LogP contribution in [0.5, 0.6) is 11.5 Å². The van der Waals surface area contributed by atoms with E-state index >= 15 is 0 Å². The van der Waals surface area contributed by atoms with Crippen molar-refractivity contribution in [2.24, 2.45) is 0 Å². The van der Waals surface area contributed by atoms with E-state index in [-0.39, 0.29) is 25.0 Å². The predicted molar refractivity (Wildman–Crippen MR) is 128 cm³/mol. The van der Waals surface area contributed by atoms with Gasteiger partial charge in [-0.05, 0) is 56.5 Å². The van der Waals surface area contributed by atoms with E-state index in [2.05, 4.69) is 12.2 Å². The molecule has 0 aliphatic carbocycles. The highest BCUT2D eigenvalue weighted by molar-refractivity contribution is 7.92. The highest BCUT2D eigenvalue weighted by atomic mass is 32.2. The summed E-state index contributed by atoms with van der Waals surface area (Å²) >= 11 is 0. The van der Waals surface area contributed by atoms with Crippen LogP contribution in [0.2, 0.25) is 0 Å². The van der Waals surface area contributed by atoms with Gasteiger partial charge < -0.3 is 14.8 Å². The number of nitrogens with one attached hydrogen (secondary N) is 1. The van der Waals surface area contributed by atoms with Crippen LogP contribution in [0, 0.1) is 0 Å². The fourth-order valence-corrected chi connectivity index (χ4v) is 4.08. The molecule has 0 unspecified atom stereocenters. The quantitative estimate of drug-likeness (QED) is 0.458. The highest BCUT2D eigenvalue weighted by Crippen LogP contribution is 2.24. The van der Waals surface area contributed by atoms with Gasteiger partial charge in [0.25, 0.3) is 0 Å². The second-order valence-corrected chi connectivity index (χ2v) is 9.71. The van der Waals surface area contributed by atoms with Crippen LogP contribution in [0.15, 0.2) is 48.5 Å². The number of hydrogen-bond acceptors (Lipinski definition) is 5. The van der Waals surface area contributed by atoms with Crippen molar-refractivity contribution in [3.8, 4) is 11.5 Å². The first kappa shape index (κ1) is 25.5. The molecule has 32 heavy (non-hydrogen) atoms. The van der Waals surface area contributed by atoms with Crippen molar-refractivity contribution < 1.29 is 22.7 Å². The number of aryl methyl sites for hydroxylation is 1. The van der Waals surface area contributed by atoms with Gasteiger partial charge in [-0.2, -0.15) is 0 Å². The van der Waals surface area contributed by atoms with Crippen molar-refractivity contribution in [1.82, 2.24) is 5.32 Å². The number of benzene rings is 2. The largest absolute Gasteiger partial charge is 0.492 e. The summed E-state index contributed by atoms with van der Waals surface area (Å²) in [5.41, 5.74) is 1.77. The third-order valence-electron chi connectivity index (χ3n) is 4.67. The lowest BCUT2D eigenvalue weighted by atomic mass is 10.2. The maximum absolute atomic E-state index is 12.3. The van der Waals surface area contributed by atoms with Crippen LogP contribution in [0.1, 0.15) is 39.2 Å². The van der Waals surface area contributed by atoms with E-state index in [0.717, 1.165) is 18.4 Å². The second kappa shape index (κ2) is 12.3. The zero-order valence-corrected chi connectivity index (χ0v) is 20.2. The van der Waals surface area contributed by atoms with Gasteiger partial charge in [-0.1, -0.05) is 25.1 Å². The number of sulfonamides is 1. The normalized spacial score (nSPS) is 11.3. The van der Waals surface area contributed by atoms with E-state index in [1.165, 1.54) is 9.87 Å². The third-order valence-corrected chi connectivity index (χ3v) is 5.86. The monoisotopic (exact) mass is 462 g/mol. The van der Waals surface area contributed by atoms with Gasteiger partial charge in [-0.25, -0.2) is 8.42 Å². The molecule has 1 N–H and O–H groups in total. The van der Waals surface area contributed by atoms with Gasteiger partial charge in [0, 0.05) is 19.0 Å². The summed E-state index contributed by atoms with van der Waals surface area (Å²) in [5.74, 6) is 1.23. The summed E-state index contributed by atoms with van der Waals surface area (Å²) in [4.78, 5) is 12.1. The average molecular weight is 463 g/mol. The molecule has 0 aliphatic rings. The Hall–Kier alpha value is -2.74. The van der Waals surface area contributed by atoms with Gasteiger partial charge >= 0.3 is 0 Å². The molecule has 0 aromatic heterocycles. The van der Waals surface area contributed by atoms with Crippen molar-refractivity contribution in [1.29, 1.82) is 0 Å². The maximum Gasteiger partial charge on any atom is 0.232 e. The average Bonchev–Trinajstić information content (AvgIpc) is 2.73. The van der Waals surface area contributed by atoms with Crippen LogP contribution in [0.3, 0.4) is 0 Å². The summed E-state index contributed by atoms with van der Waals surface area (Å²) in [7, 11) is -3.49. The Kier molecular flexibility index (Phi) is 9.84. The predicted octanol–water partition coefficient (Wildman–Crippen LogP) is 3.78. The summed E-state index contributed by atoms with van der Waals surface area (Å²) < 4.78 is 37.2. The molecule has 8 heteroatoms. The molecular formula is C24H34N2O5S. The van der Waals surface area contributed by atoms with Crippen molar-refractivity contribution in [2.45, 2.75) is 46.1 Å². The molecule has 0 radical (unpaired) electrons. The SMILES string of the molecule is CCc1ccc(OCCNC(=O)CCCN(c2cccc(OC(C)C)c2)S(C)(=O)=O)cc1. The number of nitrogens with zero attached hydrogens (tertiary/aromatic N) is 1. The first-order chi connectivity index (χ1) is 15.2. The Bertz CT molecular complexity index is 959. The Morgan fingerprint density at radius 1 is 1.09 bits per heavy atom. The molecule has 2 aromatic rings. The molecule has 0 bridgehead atoms. The van der Waals surface area contributed by atoms with E-state index in [1.54, 1.807) is 24.3 Å². The van der Waals surface area contributed by atoms with E-state index in [1.807, 2.05) is 38.1 Å². The lowest BCUT2D eigenvalue weighted by molar-refractivity contribution is -0.121. The number of anilines is 1. The number of rotatable bonds is 13. The zero-order valence-electron chi connectivity index (χ0n) is 19.3. The van der Waals surface area contributed by atoms with Crippen LogP contribution < -0.4 is 19.1 Å². The molecule has 0 spiro atoms. The van der Waals surface area contributed by atoms with Crippen LogP contribution in [0.25, 0.3) is 0 Å². The molecule has 0 saturated heterocycles. The molecule has 0 fully saturated rings. The van der Waals surface area contributed by atoms with Crippen molar-refractivity contribution in [2.75, 3.05) is 30.3 Å². The minimum atomic E-state index is -3.49. The van der Waals surface area contributed by atoms with E-state index in [0.29, 0.717) is 31.0 Å². The molecule has 0 aliphatic heterocycles. The molecule has 7 nitrogen and oxygen atoms in total. The van der Waals surface area contributed by atoms with Gasteiger partial charge in [-0.15, -0.1) is 0 Å². The summed E-state index contributed by atoms with van der Waals surface area (Å²) in [6.45, 7) is 6.88. The number of hydrogen-bond donors (Lipinski definition) is 1. The lowest BCUT2D eigenvalue weighted by Gasteiger charge is -2.23. The van der Waals surface area contributed by atoms with Crippen LogP contribution in [-0.2, 0) is 21.2 Å². The van der Waals surface area contributed by atoms with E-state index in [4.69, 9.17) is 9.47 Å². The minimum absolute atomic E-state index is 0.0136. The lowest BCUT2D eigenvalue weighted by Crippen LogP contribution is -2.33. The highest BCUT2D eigenvalue weighted by Gasteiger charge is 2.18. The van der Waals surface area contributed by atoms with E-state index in [9.17, 15) is 13.2 Å². The molecule has 0 saturated carbocycles. The first-order valence-corrected chi connectivity index (χ1v) is 12.8. The molecule has 2 aromatic carbocycles. The number of carbonyl (C=O) groups excluding carboxylic acids is 1. The fraction of sp³-hybridized carbons (Fsp3) is 0.458. The Morgan fingerprint density at radius 2 is 1.81 bits per heavy atom. The van der Waals surface area contributed by atoms with Gasteiger partial charge in [0.15, 0.2) is 0 Å². The van der Waals surface area contributed by atoms with Crippen molar-refractivity contribution in [3.63, 3.8) is 0 Å². The van der Waals surface area contributed by atoms with Crippen molar-refractivity contribution in [3.05, 3.63) is 54.1 Å². The Labute approximate surface area is 191 Å². The van der Waals surface area contributed by atoms with Gasteiger partial charge in [0.05, 0.1) is 24.6 Å². The number of amides is 1. The standard InChI is InChI=1S/C24H34N2O5S/c1-5-20-11-13-22(14-12-20)30-17-15-25-24(27)10-7-16-26(32(4,28)29)21-8-6-9-23(18-21)31-19(2)3/h6,8-9,11-14,18-19H,5,7,10,15-17H2,1-4H3,(H,25,27). The minimum Gasteiger partial charge on any atom is -0.492 e. The summed E-state index contributed by atoms with van der Waals surface area (Å²) in [5, 5.41) is 2.81. The Balaban J connectivity index is 1.79. The molecule has 176 valence electrons. The van der Waals surface area contributed by atoms with Gasteiger partial charge in [0.1, 0.15) is 18.1 Å². The molecule has 0 atom stereocenters. The first-order valence-electron chi connectivity index (χ1n) is 10.9. The van der Waals surface area contributed by atoms with Gasteiger partial charge in [0.2, 0.25) is 15.9 Å². The molecule has 2 rings (SSSR count). The Morgan fingerprint density at radius 3 is 2.44 bits per heavy atom. The zero-order chi connectivity index (χ0) is 23.6. The molecule has 1 amide bonds. The summed E-state index contributed by atoms with van der Waals surface area (Å²) in [6, 6.07) is 14.8. The van der Waals surface area contributed by atoms with Gasteiger partial charge in [-0.3, -0.25) is 9.10 Å². The number of carbonyl (C=O) groups is 1. The van der Waals surface area contributed by atoms with Crippen LogP contribution in [-0.4, -0.2) is 46.4 Å². The smallest absolute Gasteiger partial charge is 0.232 e. The van der Waals surface area contributed by atoms with Crippen LogP contribution >= 0.6 is 0 Å². The summed E-state index contributed by atoms with van der Waals surface area (Å²) in [6.07, 6.45) is 2.74. The maximum atomic E-state index is 12.3. The van der Waals surface area contributed by atoms with Crippen molar-refractivity contribution >= 4 is 21.6 Å². The fourth-order valence-electron chi connectivity index (χ4n) is 3.12. The molecule has 0 heterocycles. The van der Waals surface area contributed by atoms with E-state index < -0.39 is 10.0 Å². The molecular weight excluding hydrogens is 428 g/mol. The number of ether oxygens (including phenoxy) is 2. The second-order valence-electron chi connectivity index (χ2n) is 7.80. The van der Waals surface area contributed by atoms with Crippen LogP contribution in [0.4, 0.5) is 5.69 Å². The topological polar surface area (TPSA) is 84.9 Å². The third kappa shape index (κ3) is 8.78.